The Kier molecular flexibility index (Phi) is 5.49. The third-order valence-electron chi connectivity index (χ3n) is 4.82. The lowest BCUT2D eigenvalue weighted by Gasteiger charge is -2.34. The second-order valence-electron chi connectivity index (χ2n) is 6.07. The number of nitrogens with two attached hydrogens (primary N) is 1. The smallest absolute Gasteiger partial charge is 0.0676 e. The molecule has 1 unspecified atom stereocenters. The van der Waals surface area contributed by atoms with Gasteiger partial charge in [0.1, 0.15) is 0 Å². The summed E-state index contributed by atoms with van der Waals surface area (Å²) in [4.78, 5) is 0. The average Bonchev–Trinajstić information content (AvgIpc) is 2.49. The molecule has 1 aromatic rings. The number of nitrogens with one attached hydrogen (secondary N) is 1. The lowest BCUT2D eigenvalue weighted by molar-refractivity contribution is 0.218. The molecular formula is C16H28N4. The van der Waals surface area contributed by atoms with Crippen LogP contribution in [0.25, 0.3) is 0 Å². The average molecular weight is 276 g/mol. The molecule has 0 aliphatic heterocycles. The highest BCUT2D eigenvalue weighted by atomic mass is 15.2. The van der Waals surface area contributed by atoms with Gasteiger partial charge < -0.3 is 0 Å². The van der Waals surface area contributed by atoms with Crippen molar-refractivity contribution in [2.75, 3.05) is 0 Å². The number of rotatable bonds is 5. The summed E-state index contributed by atoms with van der Waals surface area (Å²) >= 11 is 0. The first kappa shape index (κ1) is 15.4. The molecule has 3 N–H and O–H groups in total. The lowest BCUT2D eigenvalue weighted by Crippen LogP contribution is -2.36. The van der Waals surface area contributed by atoms with Crippen molar-refractivity contribution < 1.29 is 0 Å². The van der Waals surface area contributed by atoms with Gasteiger partial charge in [0.25, 0.3) is 0 Å². The van der Waals surface area contributed by atoms with Gasteiger partial charge in [0, 0.05) is 0 Å². The summed E-state index contributed by atoms with van der Waals surface area (Å²) in [7, 11) is 0. The lowest BCUT2D eigenvalue weighted by atomic mass is 9.76. The fraction of sp³-hybridized carbons (Fsp3) is 0.750. The maximum absolute atomic E-state index is 5.88. The first-order valence-electron chi connectivity index (χ1n) is 7.98. The van der Waals surface area contributed by atoms with Crippen LogP contribution in [0.1, 0.15) is 68.9 Å². The summed E-state index contributed by atoms with van der Waals surface area (Å²) in [5.41, 5.74) is 6.36. The van der Waals surface area contributed by atoms with Crippen molar-refractivity contribution in [1.29, 1.82) is 0 Å². The highest BCUT2D eigenvalue weighted by Crippen LogP contribution is 2.38. The molecule has 0 amide bonds. The van der Waals surface area contributed by atoms with Gasteiger partial charge >= 0.3 is 0 Å². The third-order valence-corrected chi connectivity index (χ3v) is 4.82. The van der Waals surface area contributed by atoms with Crippen LogP contribution in [0.4, 0.5) is 0 Å². The molecule has 20 heavy (non-hydrogen) atoms. The van der Waals surface area contributed by atoms with Crippen LogP contribution in [0.2, 0.25) is 0 Å². The molecule has 0 radical (unpaired) electrons. The highest BCUT2D eigenvalue weighted by molar-refractivity contribution is 5.25. The van der Waals surface area contributed by atoms with Gasteiger partial charge in [0.05, 0.1) is 17.4 Å². The van der Waals surface area contributed by atoms with Gasteiger partial charge in [-0.05, 0) is 49.7 Å². The minimum atomic E-state index is 0.219. The number of hydrogen-bond donors (Lipinski definition) is 2. The van der Waals surface area contributed by atoms with Crippen molar-refractivity contribution in [3.05, 3.63) is 23.0 Å². The Labute approximate surface area is 122 Å². The van der Waals surface area contributed by atoms with E-state index < -0.39 is 0 Å². The minimum absolute atomic E-state index is 0.219. The van der Waals surface area contributed by atoms with Crippen molar-refractivity contribution >= 4 is 0 Å². The molecule has 1 atom stereocenters. The van der Waals surface area contributed by atoms with E-state index in [1.807, 2.05) is 6.92 Å². The molecule has 1 saturated carbocycles. The Bertz CT molecular complexity index is 424. The molecule has 112 valence electrons. The molecule has 1 fully saturated rings. The van der Waals surface area contributed by atoms with Gasteiger partial charge in [0.15, 0.2) is 0 Å². The van der Waals surface area contributed by atoms with E-state index in [1.165, 1.54) is 37.7 Å². The molecule has 0 saturated heterocycles. The van der Waals surface area contributed by atoms with E-state index in [9.17, 15) is 0 Å². The van der Waals surface area contributed by atoms with E-state index >= 15 is 0 Å². The Morgan fingerprint density at radius 1 is 1.25 bits per heavy atom. The zero-order valence-corrected chi connectivity index (χ0v) is 13.0. The number of hydrogen-bond acceptors (Lipinski definition) is 4. The molecule has 4 heteroatoms. The van der Waals surface area contributed by atoms with Crippen LogP contribution < -0.4 is 11.3 Å². The van der Waals surface area contributed by atoms with Crippen molar-refractivity contribution in [2.45, 2.75) is 65.3 Å². The van der Waals surface area contributed by atoms with Gasteiger partial charge in [-0.2, -0.15) is 10.2 Å². The molecule has 0 aromatic carbocycles. The summed E-state index contributed by atoms with van der Waals surface area (Å²) in [5, 5.41) is 8.53. The van der Waals surface area contributed by atoms with Crippen LogP contribution in [-0.4, -0.2) is 10.2 Å². The monoisotopic (exact) mass is 276 g/mol. The van der Waals surface area contributed by atoms with Crippen LogP contribution in [0.15, 0.2) is 6.07 Å². The molecule has 0 bridgehead atoms. The van der Waals surface area contributed by atoms with Gasteiger partial charge in [-0.3, -0.25) is 11.3 Å². The number of aromatic nitrogens is 2. The molecule has 2 rings (SSSR count). The molecule has 1 aliphatic rings. The Morgan fingerprint density at radius 3 is 2.50 bits per heavy atom. The molecule has 1 aliphatic carbocycles. The van der Waals surface area contributed by atoms with Crippen molar-refractivity contribution in [3.8, 4) is 0 Å². The number of aryl methyl sites for hydroxylation is 2. The van der Waals surface area contributed by atoms with Crippen molar-refractivity contribution in [2.24, 2.45) is 17.7 Å². The van der Waals surface area contributed by atoms with Crippen LogP contribution in [0.5, 0.6) is 0 Å². The molecule has 4 nitrogen and oxygen atoms in total. The highest BCUT2D eigenvalue weighted by Gasteiger charge is 2.29. The first-order chi connectivity index (χ1) is 9.69. The second-order valence-corrected chi connectivity index (χ2v) is 6.07. The van der Waals surface area contributed by atoms with Crippen LogP contribution >= 0.6 is 0 Å². The van der Waals surface area contributed by atoms with E-state index in [4.69, 9.17) is 5.84 Å². The summed E-state index contributed by atoms with van der Waals surface area (Å²) in [6.07, 6.45) is 7.40. The topological polar surface area (TPSA) is 63.8 Å². The van der Waals surface area contributed by atoms with E-state index in [0.717, 1.165) is 23.7 Å². The summed E-state index contributed by atoms with van der Waals surface area (Å²) in [5.74, 6) is 7.41. The van der Waals surface area contributed by atoms with Crippen LogP contribution in [-0.2, 0) is 6.42 Å². The van der Waals surface area contributed by atoms with Gasteiger partial charge in [-0.25, -0.2) is 0 Å². The SMILES string of the molecule is CCc1nnc(C)cc1C(NN)C1CCC(CC)CC1. The molecular weight excluding hydrogens is 248 g/mol. The summed E-state index contributed by atoms with van der Waals surface area (Å²) < 4.78 is 0. The van der Waals surface area contributed by atoms with E-state index in [2.05, 4.69) is 35.5 Å². The molecule has 1 heterocycles. The van der Waals surface area contributed by atoms with Crippen LogP contribution in [0, 0.1) is 18.8 Å². The fourth-order valence-electron chi connectivity index (χ4n) is 3.49. The van der Waals surface area contributed by atoms with E-state index in [1.54, 1.807) is 0 Å². The van der Waals surface area contributed by atoms with Gasteiger partial charge in [-0.15, -0.1) is 0 Å². The van der Waals surface area contributed by atoms with E-state index in [-0.39, 0.29) is 6.04 Å². The number of hydrazine groups is 1. The Morgan fingerprint density at radius 2 is 1.95 bits per heavy atom. The minimum Gasteiger partial charge on any atom is -0.271 e. The predicted molar refractivity (Wildman–Crippen MR) is 82.0 cm³/mol. The number of nitrogens with zero attached hydrogens (tertiary/aromatic N) is 2. The largest absolute Gasteiger partial charge is 0.271 e. The Hall–Kier alpha value is -1.00. The standard InChI is InChI=1S/C16H28N4/c1-4-12-6-8-13(9-7-12)16(18-17)14-10-11(3)19-20-15(14)5-2/h10,12-13,16,18H,4-9,17H2,1-3H3. The summed E-state index contributed by atoms with van der Waals surface area (Å²) in [6.45, 7) is 6.43. The normalized spacial score (nSPS) is 24.6. The van der Waals surface area contributed by atoms with E-state index in [0.29, 0.717) is 5.92 Å². The summed E-state index contributed by atoms with van der Waals surface area (Å²) in [6, 6.07) is 2.37. The maximum atomic E-state index is 5.88. The third kappa shape index (κ3) is 3.36. The predicted octanol–water partition coefficient (Wildman–Crippen LogP) is 3.07. The second kappa shape index (κ2) is 7.14. The van der Waals surface area contributed by atoms with Crippen LogP contribution in [0.3, 0.4) is 0 Å². The fourth-order valence-corrected chi connectivity index (χ4v) is 3.49. The quantitative estimate of drug-likeness (QED) is 0.641. The maximum Gasteiger partial charge on any atom is 0.0676 e. The van der Waals surface area contributed by atoms with Gasteiger partial charge in [0.2, 0.25) is 0 Å². The molecule has 0 spiro atoms. The zero-order chi connectivity index (χ0) is 14.5. The van der Waals surface area contributed by atoms with Gasteiger partial charge in [-0.1, -0.05) is 33.1 Å². The first-order valence-corrected chi connectivity index (χ1v) is 7.98. The molecule has 1 aromatic heterocycles. The Balaban J connectivity index is 2.18. The zero-order valence-electron chi connectivity index (χ0n) is 13.0. The van der Waals surface area contributed by atoms with Crippen molar-refractivity contribution in [3.63, 3.8) is 0 Å². The van der Waals surface area contributed by atoms with Crippen molar-refractivity contribution in [1.82, 2.24) is 15.6 Å².